The third kappa shape index (κ3) is 2.42. The second-order valence-corrected chi connectivity index (χ2v) is 4.19. The molecule has 76 valence electrons. The standard InChI is InChI=1S/C10H19NO2/c1-10(12-6-7-13-10)8-11-9-4-2-3-5-9/h9,11H,2-8H2,1H3. The molecule has 0 aromatic carbocycles. The van der Waals surface area contributed by atoms with Crippen molar-refractivity contribution in [3.05, 3.63) is 0 Å². The Morgan fingerprint density at radius 1 is 1.23 bits per heavy atom. The third-order valence-corrected chi connectivity index (χ3v) is 2.97. The van der Waals surface area contributed by atoms with E-state index >= 15 is 0 Å². The van der Waals surface area contributed by atoms with E-state index in [0.29, 0.717) is 6.04 Å². The second kappa shape index (κ2) is 3.95. The van der Waals surface area contributed by atoms with E-state index in [1.165, 1.54) is 25.7 Å². The first-order valence-electron chi connectivity index (χ1n) is 5.30. The van der Waals surface area contributed by atoms with Crippen LogP contribution in [0.15, 0.2) is 0 Å². The van der Waals surface area contributed by atoms with E-state index in [-0.39, 0.29) is 5.79 Å². The SMILES string of the molecule is CC1(CNC2CCCC2)OCCO1. The molecular weight excluding hydrogens is 166 g/mol. The van der Waals surface area contributed by atoms with Crippen LogP contribution in [0, 0.1) is 0 Å². The number of ether oxygens (including phenoxy) is 2. The number of rotatable bonds is 3. The molecule has 3 nitrogen and oxygen atoms in total. The molecule has 3 heteroatoms. The minimum Gasteiger partial charge on any atom is -0.347 e. The first-order chi connectivity index (χ1) is 6.29. The molecule has 0 aromatic rings. The zero-order chi connectivity index (χ0) is 9.15. The van der Waals surface area contributed by atoms with E-state index in [4.69, 9.17) is 9.47 Å². The van der Waals surface area contributed by atoms with Gasteiger partial charge in [-0.25, -0.2) is 0 Å². The van der Waals surface area contributed by atoms with Crippen LogP contribution in [-0.4, -0.2) is 31.6 Å². The molecule has 1 aliphatic carbocycles. The molecule has 2 rings (SSSR count). The molecule has 0 bridgehead atoms. The van der Waals surface area contributed by atoms with Crippen LogP contribution in [0.1, 0.15) is 32.6 Å². The van der Waals surface area contributed by atoms with E-state index in [2.05, 4.69) is 5.32 Å². The van der Waals surface area contributed by atoms with Gasteiger partial charge in [-0.2, -0.15) is 0 Å². The normalized spacial score (nSPS) is 28.4. The lowest BCUT2D eigenvalue weighted by atomic mass is 10.2. The van der Waals surface area contributed by atoms with Crippen molar-refractivity contribution in [1.29, 1.82) is 0 Å². The Morgan fingerprint density at radius 3 is 2.46 bits per heavy atom. The minimum absolute atomic E-state index is 0.359. The fraction of sp³-hybridized carbons (Fsp3) is 1.00. The predicted molar refractivity (Wildman–Crippen MR) is 50.6 cm³/mol. The lowest BCUT2D eigenvalue weighted by Gasteiger charge is -2.24. The highest BCUT2D eigenvalue weighted by Crippen LogP contribution is 2.21. The summed E-state index contributed by atoms with van der Waals surface area (Å²) in [4.78, 5) is 0. The summed E-state index contributed by atoms with van der Waals surface area (Å²) < 4.78 is 11.0. The molecule has 13 heavy (non-hydrogen) atoms. The number of hydrogen-bond donors (Lipinski definition) is 1. The zero-order valence-electron chi connectivity index (χ0n) is 8.34. The molecule has 1 aliphatic heterocycles. The van der Waals surface area contributed by atoms with Gasteiger partial charge in [0.1, 0.15) is 0 Å². The second-order valence-electron chi connectivity index (χ2n) is 4.19. The molecule has 0 amide bonds. The summed E-state index contributed by atoms with van der Waals surface area (Å²) in [5.74, 6) is -0.359. The monoisotopic (exact) mass is 185 g/mol. The van der Waals surface area contributed by atoms with Crippen molar-refractivity contribution < 1.29 is 9.47 Å². The smallest absolute Gasteiger partial charge is 0.178 e. The van der Waals surface area contributed by atoms with E-state index in [1.54, 1.807) is 0 Å². The maximum Gasteiger partial charge on any atom is 0.178 e. The Hall–Kier alpha value is -0.120. The summed E-state index contributed by atoms with van der Waals surface area (Å²) in [6.45, 7) is 4.32. The summed E-state index contributed by atoms with van der Waals surface area (Å²) in [7, 11) is 0. The molecule has 0 radical (unpaired) electrons. The molecule has 1 saturated heterocycles. The van der Waals surface area contributed by atoms with Crippen LogP contribution in [0.5, 0.6) is 0 Å². The summed E-state index contributed by atoms with van der Waals surface area (Å²) >= 11 is 0. The molecule has 0 unspecified atom stereocenters. The van der Waals surface area contributed by atoms with Crippen molar-refractivity contribution in [2.75, 3.05) is 19.8 Å². The summed E-state index contributed by atoms with van der Waals surface area (Å²) in [5, 5.41) is 3.51. The molecule has 2 fully saturated rings. The van der Waals surface area contributed by atoms with Gasteiger partial charge in [0.25, 0.3) is 0 Å². The minimum atomic E-state index is -0.359. The number of hydrogen-bond acceptors (Lipinski definition) is 3. The quantitative estimate of drug-likeness (QED) is 0.718. The molecular formula is C10H19NO2. The molecule has 1 N–H and O–H groups in total. The maximum absolute atomic E-state index is 5.52. The summed E-state index contributed by atoms with van der Waals surface area (Å²) in [6, 6.07) is 0.699. The van der Waals surface area contributed by atoms with Gasteiger partial charge in [-0.05, 0) is 19.8 Å². The molecule has 2 aliphatic rings. The fourth-order valence-electron chi connectivity index (χ4n) is 2.12. The van der Waals surface area contributed by atoms with Gasteiger partial charge in [0, 0.05) is 12.6 Å². The Bertz CT molecular complexity index is 160. The van der Waals surface area contributed by atoms with Gasteiger partial charge in [-0.15, -0.1) is 0 Å². The Morgan fingerprint density at radius 2 is 1.85 bits per heavy atom. The Labute approximate surface area is 79.8 Å². The summed E-state index contributed by atoms with van der Waals surface area (Å²) in [6.07, 6.45) is 5.37. The highest BCUT2D eigenvalue weighted by Gasteiger charge is 2.31. The first kappa shape index (κ1) is 9.44. The van der Waals surface area contributed by atoms with Crippen molar-refractivity contribution >= 4 is 0 Å². The van der Waals surface area contributed by atoms with Crippen molar-refractivity contribution in [1.82, 2.24) is 5.32 Å². The average Bonchev–Trinajstić information content (AvgIpc) is 2.72. The first-order valence-corrected chi connectivity index (χ1v) is 5.30. The third-order valence-electron chi connectivity index (χ3n) is 2.97. The van der Waals surface area contributed by atoms with Crippen LogP contribution in [0.3, 0.4) is 0 Å². The van der Waals surface area contributed by atoms with Gasteiger partial charge in [0.2, 0.25) is 0 Å². The molecule has 0 atom stereocenters. The van der Waals surface area contributed by atoms with E-state index < -0.39 is 0 Å². The molecule has 1 heterocycles. The largest absolute Gasteiger partial charge is 0.347 e. The summed E-state index contributed by atoms with van der Waals surface area (Å²) in [5.41, 5.74) is 0. The van der Waals surface area contributed by atoms with E-state index in [1.807, 2.05) is 6.92 Å². The molecule has 0 spiro atoms. The van der Waals surface area contributed by atoms with Gasteiger partial charge < -0.3 is 14.8 Å². The van der Waals surface area contributed by atoms with E-state index in [0.717, 1.165) is 19.8 Å². The van der Waals surface area contributed by atoms with Crippen molar-refractivity contribution in [2.45, 2.75) is 44.4 Å². The van der Waals surface area contributed by atoms with Crippen LogP contribution in [-0.2, 0) is 9.47 Å². The van der Waals surface area contributed by atoms with Gasteiger partial charge in [-0.3, -0.25) is 0 Å². The average molecular weight is 185 g/mol. The van der Waals surface area contributed by atoms with Crippen LogP contribution in [0.25, 0.3) is 0 Å². The predicted octanol–water partition coefficient (Wildman–Crippen LogP) is 1.28. The van der Waals surface area contributed by atoms with Crippen molar-refractivity contribution in [3.8, 4) is 0 Å². The lowest BCUT2D eigenvalue weighted by Crippen LogP contribution is -2.42. The fourth-order valence-corrected chi connectivity index (χ4v) is 2.12. The van der Waals surface area contributed by atoms with Crippen LogP contribution in [0.2, 0.25) is 0 Å². The van der Waals surface area contributed by atoms with Gasteiger partial charge in [0.05, 0.1) is 13.2 Å². The highest BCUT2D eigenvalue weighted by molar-refractivity contribution is 4.78. The lowest BCUT2D eigenvalue weighted by molar-refractivity contribution is -0.139. The Kier molecular flexibility index (Phi) is 2.86. The van der Waals surface area contributed by atoms with E-state index in [9.17, 15) is 0 Å². The number of nitrogens with one attached hydrogen (secondary N) is 1. The molecule has 1 saturated carbocycles. The van der Waals surface area contributed by atoms with Crippen molar-refractivity contribution in [2.24, 2.45) is 0 Å². The maximum atomic E-state index is 5.52. The molecule has 0 aromatic heterocycles. The van der Waals surface area contributed by atoms with Crippen LogP contribution >= 0.6 is 0 Å². The van der Waals surface area contributed by atoms with Crippen molar-refractivity contribution in [3.63, 3.8) is 0 Å². The zero-order valence-corrected chi connectivity index (χ0v) is 8.34. The van der Waals surface area contributed by atoms with Gasteiger partial charge in [0.15, 0.2) is 5.79 Å². The van der Waals surface area contributed by atoms with Crippen LogP contribution < -0.4 is 5.32 Å². The van der Waals surface area contributed by atoms with Gasteiger partial charge in [-0.1, -0.05) is 12.8 Å². The Balaban J connectivity index is 1.71. The van der Waals surface area contributed by atoms with Gasteiger partial charge >= 0.3 is 0 Å². The highest BCUT2D eigenvalue weighted by atomic mass is 16.7. The topological polar surface area (TPSA) is 30.5 Å². The van der Waals surface area contributed by atoms with Crippen LogP contribution in [0.4, 0.5) is 0 Å².